The van der Waals surface area contributed by atoms with Gasteiger partial charge in [-0.2, -0.15) is 13.2 Å². The zero-order valence-electron chi connectivity index (χ0n) is 11.9. The molecule has 0 aromatic carbocycles. The topological polar surface area (TPSA) is 52.6 Å². The van der Waals surface area contributed by atoms with Crippen LogP contribution in [0.2, 0.25) is 0 Å². The number of aliphatic hydroxyl groups is 1. The third-order valence-electron chi connectivity index (χ3n) is 3.42. The molecule has 1 amide bonds. The summed E-state index contributed by atoms with van der Waals surface area (Å²) in [7, 11) is 0. The van der Waals surface area contributed by atoms with Gasteiger partial charge >= 0.3 is 6.18 Å². The van der Waals surface area contributed by atoms with Crippen LogP contribution in [0.15, 0.2) is 0 Å². The van der Waals surface area contributed by atoms with Crippen molar-refractivity contribution >= 4 is 5.91 Å². The second kappa shape index (κ2) is 7.26. The van der Waals surface area contributed by atoms with Gasteiger partial charge in [0, 0.05) is 38.0 Å². The van der Waals surface area contributed by atoms with Gasteiger partial charge in [0.25, 0.3) is 0 Å². The van der Waals surface area contributed by atoms with Gasteiger partial charge < -0.3 is 10.4 Å². The van der Waals surface area contributed by atoms with Crippen LogP contribution < -0.4 is 5.32 Å². The van der Waals surface area contributed by atoms with Gasteiger partial charge in [0.05, 0.1) is 6.61 Å². The Kier molecular flexibility index (Phi) is 6.26. The Balaban J connectivity index is 2.62. The molecular weight excluding hydrogens is 273 g/mol. The van der Waals surface area contributed by atoms with E-state index in [0.29, 0.717) is 26.1 Å². The number of rotatable bonds is 5. The van der Waals surface area contributed by atoms with Crippen molar-refractivity contribution in [1.82, 2.24) is 10.2 Å². The molecule has 0 saturated carbocycles. The normalized spacial score (nSPS) is 24.9. The molecule has 0 radical (unpaired) electrons. The number of nitrogens with one attached hydrogen (secondary N) is 1. The van der Waals surface area contributed by atoms with Crippen LogP contribution >= 0.6 is 0 Å². The van der Waals surface area contributed by atoms with Crippen LogP contribution in [-0.4, -0.2) is 54.4 Å². The number of halogens is 3. The predicted molar refractivity (Wildman–Crippen MR) is 69.1 cm³/mol. The molecule has 1 rings (SSSR count). The number of amides is 1. The molecule has 2 N–H and O–H groups in total. The molecule has 0 aliphatic carbocycles. The van der Waals surface area contributed by atoms with E-state index >= 15 is 0 Å². The van der Waals surface area contributed by atoms with Crippen LogP contribution in [-0.2, 0) is 4.79 Å². The summed E-state index contributed by atoms with van der Waals surface area (Å²) in [6.45, 7) is 4.54. The monoisotopic (exact) mass is 296 g/mol. The lowest BCUT2D eigenvalue weighted by atomic mass is 9.91. The van der Waals surface area contributed by atoms with Crippen molar-refractivity contribution in [3.05, 3.63) is 0 Å². The Morgan fingerprint density at radius 1 is 1.40 bits per heavy atom. The minimum absolute atomic E-state index is 0.0937. The molecule has 0 spiro atoms. The van der Waals surface area contributed by atoms with Crippen LogP contribution in [0.4, 0.5) is 13.2 Å². The van der Waals surface area contributed by atoms with E-state index in [1.807, 2.05) is 0 Å². The SMILES string of the molecule is CC(C)C(=O)NC1CC(CC(F)(F)F)CN(CCO)C1. The van der Waals surface area contributed by atoms with Crippen molar-refractivity contribution in [2.45, 2.75) is 38.9 Å². The molecule has 1 aliphatic rings. The van der Waals surface area contributed by atoms with Gasteiger partial charge in [0.2, 0.25) is 5.91 Å². The average molecular weight is 296 g/mol. The maximum Gasteiger partial charge on any atom is 0.389 e. The first-order valence-corrected chi connectivity index (χ1v) is 6.91. The van der Waals surface area contributed by atoms with Gasteiger partial charge in [-0.05, 0) is 12.3 Å². The fraction of sp³-hybridized carbons (Fsp3) is 0.923. The Morgan fingerprint density at radius 2 is 2.05 bits per heavy atom. The molecule has 20 heavy (non-hydrogen) atoms. The second-order valence-electron chi connectivity index (χ2n) is 5.76. The average Bonchev–Trinajstić information content (AvgIpc) is 2.26. The lowest BCUT2D eigenvalue weighted by Gasteiger charge is -2.38. The Hall–Kier alpha value is -0.820. The fourth-order valence-corrected chi connectivity index (χ4v) is 2.57. The molecule has 1 saturated heterocycles. The van der Waals surface area contributed by atoms with Gasteiger partial charge in [-0.3, -0.25) is 9.69 Å². The third-order valence-corrected chi connectivity index (χ3v) is 3.42. The van der Waals surface area contributed by atoms with Crippen molar-refractivity contribution in [3.63, 3.8) is 0 Å². The van der Waals surface area contributed by atoms with E-state index in [0.717, 1.165) is 0 Å². The maximum absolute atomic E-state index is 12.5. The minimum atomic E-state index is -4.19. The third kappa shape index (κ3) is 6.09. The lowest BCUT2D eigenvalue weighted by molar-refractivity contribution is -0.149. The fourth-order valence-electron chi connectivity index (χ4n) is 2.57. The number of β-amino-alcohol motifs (C(OH)–C–C–N with tert-alkyl or cyclic N) is 1. The quantitative estimate of drug-likeness (QED) is 0.806. The summed E-state index contributed by atoms with van der Waals surface area (Å²) in [6.07, 6.45) is -4.71. The van der Waals surface area contributed by atoms with Crippen LogP contribution in [0.1, 0.15) is 26.7 Å². The summed E-state index contributed by atoms with van der Waals surface area (Å²) in [4.78, 5) is 13.4. The van der Waals surface area contributed by atoms with Crippen molar-refractivity contribution in [3.8, 4) is 0 Å². The predicted octanol–water partition coefficient (Wildman–Crippen LogP) is 1.39. The van der Waals surface area contributed by atoms with Gasteiger partial charge in [0.1, 0.15) is 0 Å². The van der Waals surface area contributed by atoms with Crippen LogP contribution in [0, 0.1) is 11.8 Å². The minimum Gasteiger partial charge on any atom is -0.395 e. The highest BCUT2D eigenvalue weighted by Gasteiger charge is 2.36. The molecule has 1 heterocycles. The van der Waals surface area contributed by atoms with Gasteiger partial charge in [0.15, 0.2) is 0 Å². The number of hydrogen-bond donors (Lipinski definition) is 2. The number of alkyl halides is 3. The second-order valence-corrected chi connectivity index (χ2v) is 5.76. The molecule has 4 nitrogen and oxygen atoms in total. The molecule has 118 valence electrons. The van der Waals surface area contributed by atoms with Crippen molar-refractivity contribution < 1.29 is 23.1 Å². The van der Waals surface area contributed by atoms with E-state index in [9.17, 15) is 18.0 Å². The van der Waals surface area contributed by atoms with Crippen molar-refractivity contribution in [2.24, 2.45) is 11.8 Å². The van der Waals surface area contributed by atoms with E-state index in [1.54, 1.807) is 18.7 Å². The highest BCUT2D eigenvalue weighted by Crippen LogP contribution is 2.30. The standard InChI is InChI=1S/C13H23F3N2O2/c1-9(2)12(20)17-11-5-10(6-13(14,15)16)7-18(8-11)3-4-19/h9-11,19H,3-8H2,1-2H3,(H,17,20). The molecule has 2 atom stereocenters. The Bertz CT molecular complexity index is 321. The number of piperidine rings is 1. The molecule has 2 unspecified atom stereocenters. The summed E-state index contributed by atoms with van der Waals surface area (Å²) in [5.74, 6) is -0.872. The first kappa shape index (κ1) is 17.2. The van der Waals surface area contributed by atoms with Crippen molar-refractivity contribution in [1.29, 1.82) is 0 Å². The smallest absolute Gasteiger partial charge is 0.389 e. The zero-order chi connectivity index (χ0) is 15.3. The first-order chi connectivity index (χ1) is 9.21. The van der Waals surface area contributed by atoms with E-state index in [1.165, 1.54) is 0 Å². The van der Waals surface area contributed by atoms with E-state index in [-0.39, 0.29) is 24.5 Å². The number of aliphatic hydroxyl groups excluding tert-OH is 1. The van der Waals surface area contributed by atoms with Gasteiger partial charge in [-0.1, -0.05) is 13.8 Å². The lowest BCUT2D eigenvalue weighted by Crippen LogP contribution is -2.52. The molecule has 0 bridgehead atoms. The molecule has 1 fully saturated rings. The Morgan fingerprint density at radius 3 is 2.55 bits per heavy atom. The number of carbonyl (C=O) groups is 1. The summed E-state index contributed by atoms with van der Waals surface area (Å²) in [6, 6.07) is -0.280. The van der Waals surface area contributed by atoms with Crippen LogP contribution in [0.5, 0.6) is 0 Å². The highest BCUT2D eigenvalue weighted by molar-refractivity contribution is 5.78. The van der Waals surface area contributed by atoms with E-state index < -0.39 is 18.5 Å². The molecule has 0 aromatic rings. The molecular formula is C13H23F3N2O2. The zero-order valence-corrected chi connectivity index (χ0v) is 11.9. The summed E-state index contributed by atoms with van der Waals surface area (Å²) in [5, 5.41) is 11.7. The summed E-state index contributed by atoms with van der Waals surface area (Å²) >= 11 is 0. The van der Waals surface area contributed by atoms with E-state index in [2.05, 4.69) is 5.32 Å². The largest absolute Gasteiger partial charge is 0.395 e. The van der Waals surface area contributed by atoms with Crippen LogP contribution in [0.3, 0.4) is 0 Å². The van der Waals surface area contributed by atoms with E-state index in [4.69, 9.17) is 5.11 Å². The van der Waals surface area contributed by atoms with Gasteiger partial charge in [-0.25, -0.2) is 0 Å². The molecule has 7 heteroatoms. The maximum atomic E-state index is 12.5. The Labute approximate surface area is 117 Å². The number of nitrogens with zero attached hydrogens (tertiary/aromatic N) is 1. The molecule has 1 aliphatic heterocycles. The van der Waals surface area contributed by atoms with Gasteiger partial charge in [-0.15, -0.1) is 0 Å². The number of hydrogen-bond acceptors (Lipinski definition) is 3. The van der Waals surface area contributed by atoms with Crippen molar-refractivity contribution in [2.75, 3.05) is 26.2 Å². The first-order valence-electron chi connectivity index (χ1n) is 6.91. The highest BCUT2D eigenvalue weighted by atomic mass is 19.4. The number of carbonyl (C=O) groups excluding carboxylic acids is 1. The van der Waals surface area contributed by atoms with Crippen LogP contribution in [0.25, 0.3) is 0 Å². The summed E-state index contributed by atoms with van der Waals surface area (Å²) < 4.78 is 37.5. The number of likely N-dealkylation sites (tertiary alicyclic amines) is 1. The summed E-state index contributed by atoms with van der Waals surface area (Å²) in [5.41, 5.74) is 0. The molecule has 0 aromatic heterocycles.